The molecule has 2 saturated heterocycles. The fraction of sp³-hybridized carbons (Fsp3) is 0.486. The molecule has 0 unspecified atom stereocenters. The normalized spacial score (nSPS) is 18.4. The smallest absolute Gasteiger partial charge is 0.407 e. The van der Waals surface area contributed by atoms with Crippen LogP contribution in [0.25, 0.3) is 33.5 Å². The van der Waals surface area contributed by atoms with E-state index in [-0.39, 0.29) is 41.3 Å². The van der Waals surface area contributed by atoms with Gasteiger partial charge in [-0.25, -0.2) is 19.6 Å². The number of amides is 4. The van der Waals surface area contributed by atoms with Crippen LogP contribution >= 0.6 is 0 Å². The number of imidazole rings is 2. The summed E-state index contributed by atoms with van der Waals surface area (Å²) in [6, 6.07) is 7.13. The molecular formula is C37H47N9O7. The molecule has 5 heterocycles. The summed E-state index contributed by atoms with van der Waals surface area (Å²) in [5.74, 6) is 0.535. The zero-order chi connectivity index (χ0) is 38.0. The van der Waals surface area contributed by atoms with Crippen molar-refractivity contribution in [2.75, 3.05) is 27.3 Å². The number of carbonyl (C=O) groups excluding carboxylic acids is 4. The van der Waals surface area contributed by atoms with Gasteiger partial charge in [-0.05, 0) is 61.8 Å². The van der Waals surface area contributed by atoms with E-state index in [0.29, 0.717) is 48.1 Å². The van der Waals surface area contributed by atoms with Gasteiger partial charge in [0.25, 0.3) is 5.56 Å². The molecule has 4 atom stereocenters. The Kier molecular flexibility index (Phi) is 10.9. The molecule has 0 saturated carbocycles. The number of ether oxygens (including phenoxy) is 2. The zero-order valence-electron chi connectivity index (χ0n) is 30.8. The third kappa shape index (κ3) is 7.62. The maximum absolute atomic E-state index is 13.6. The first-order chi connectivity index (χ1) is 25.4. The zero-order valence-corrected chi connectivity index (χ0v) is 30.8. The number of carbonyl (C=O) groups is 4. The van der Waals surface area contributed by atoms with Gasteiger partial charge in [-0.1, -0.05) is 33.8 Å². The lowest BCUT2D eigenvalue weighted by Crippen LogP contribution is -2.51. The van der Waals surface area contributed by atoms with Crippen molar-refractivity contribution in [2.45, 2.75) is 77.5 Å². The van der Waals surface area contributed by atoms with Crippen LogP contribution in [0.2, 0.25) is 0 Å². The van der Waals surface area contributed by atoms with Crippen molar-refractivity contribution < 1.29 is 28.7 Å². The van der Waals surface area contributed by atoms with Gasteiger partial charge in [0.15, 0.2) is 0 Å². The van der Waals surface area contributed by atoms with E-state index >= 15 is 0 Å². The second-order valence-electron chi connectivity index (χ2n) is 14.2. The molecular weight excluding hydrogens is 682 g/mol. The molecule has 282 valence electrons. The number of methoxy groups -OCH3 is 2. The largest absolute Gasteiger partial charge is 0.453 e. The standard InChI is InChI=1S/C37H47N9O7/c1-19(2)29(43-36(50)52-5)34(48)45-15-7-9-27(45)31-38-18-26(41-31)22-12-14-23(42-33(22)47)21-11-13-24-25(17-21)40-32(39-24)28-10-8-16-46(28)35(49)30(20(3)4)44-37(51)53-6/h11-14,17-20,27-30H,7-10,15-16H2,1-6H3,(H,38,41)(H,39,40)(H,42,47)(H,43,50)(H,44,51)/t27-,28-,29-,30-/m0/s1. The molecule has 3 aromatic heterocycles. The molecule has 0 spiro atoms. The van der Waals surface area contributed by atoms with E-state index in [1.54, 1.807) is 22.1 Å². The lowest BCUT2D eigenvalue weighted by atomic mass is 10.0. The molecule has 6 rings (SSSR count). The highest BCUT2D eigenvalue weighted by Crippen LogP contribution is 2.34. The van der Waals surface area contributed by atoms with Crippen molar-refractivity contribution in [2.24, 2.45) is 11.8 Å². The Hall–Kier alpha value is -5.67. The summed E-state index contributed by atoms with van der Waals surface area (Å²) in [6.07, 6.45) is 3.27. The molecule has 1 aromatic carbocycles. The summed E-state index contributed by atoms with van der Waals surface area (Å²) in [7, 11) is 2.53. The van der Waals surface area contributed by atoms with Crippen LogP contribution in [0.4, 0.5) is 9.59 Å². The highest BCUT2D eigenvalue weighted by atomic mass is 16.5. The number of aromatic nitrogens is 5. The van der Waals surface area contributed by atoms with Crippen molar-refractivity contribution >= 4 is 35.0 Å². The number of nitrogens with one attached hydrogen (secondary N) is 5. The highest BCUT2D eigenvalue weighted by Gasteiger charge is 2.39. The minimum absolute atomic E-state index is 0.140. The molecule has 5 N–H and O–H groups in total. The van der Waals surface area contributed by atoms with Crippen LogP contribution in [0.15, 0.2) is 41.3 Å². The molecule has 16 nitrogen and oxygen atoms in total. The maximum Gasteiger partial charge on any atom is 0.407 e. The van der Waals surface area contributed by atoms with E-state index in [9.17, 15) is 24.0 Å². The Balaban J connectivity index is 1.19. The number of fused-ring (bicyclic) bond motifs is 1. The van der Waals surface area contributed by atoms with Crippen LogP contribution in [0.1, 0.15) is 77.1 Å². The summed E-state index contributed by atoms with van der Waals surface area (Å²) in [6.45, 7) is 8.54. The fourth-order valence-electron chi connectivity index (χ4n) is 7.24. The van der Waals surface area contributed by atoms with Gasteiger partial charge in [0.1, 0.15) is 23.7 Å². The van der Waals surface area contributed by atoms with Gasteiger partial charge in [0, 0.05) is 24.3 Å². The van der Waals surface area contributed by atoms with Crippen LogP contribution < -0.4 is 16.2 Å². The predicted molar refractivity (Wildman–Crippen MR) is 195 cm³/mol. The Labute approximate surface area is 306 Å². The average Bonchev–Trinajstić information content (AvgIpc) is 3.97. The Bertz CT molecular complexity index is 2050. The quantitative estimate of drug-likeness (QED) is 0.157. The second kappa shape index (κ2) is 15.5. The van der Waals surface area contributed by atoms with Crippen molar-refractivity contribution in [1.82, 2.24) is 45.4 Å². The van der Waals surface area contributed by atoms with Crippen LogP contribution in [0.3, 0.4) is 0 Å². The van der Waals surface area contributed by atoms with E-state index in [1.165, 1.54) is 14.2 Å². The van der Waals surface area contributed by atoms with E-state index in [4.69, 9.17) is 14.5 Å². The van der Waals surface area contributed by atoms with Gasteiger partial charge in [-0.2, -0.15) is 0 Å². The number of rotatable bonds is 10. The van der Waals surface area contributed by atoms with Crippen LogP contribution in [-0.4, -0.2) is 98.1 Å². The van der Waals surface area contributed by atoms with Gasteiger partial charge in [-0.15, -0.1) is 0 Å². The minimum Gasteiger partial charge on any atom is -0.453 e. The molecule has 0 aliphatic carbocycles. The topological polar surface area (TPSA) is 207 Å². The van der Waals surface area contributed by atoms with Crippen LogP contribution in [0, 0.1) is 11.8 Å². The number of H-pyrrole nitrogens is 3. The molecule has 16 heteroatoms. The lowest BCUT2D eigenvalue weighted by Gasteiger charge is -2.30. The van der Waals surface area contributed by atoms with E-state index in [0.717, 1.165) is 35.9 Å². The van der Waals surface area contributed by atoms with Gasteiger partial charge in [-0.3, -0.25) is 14.4 Å². The number of benzene rings is 1. The third-order valence-electron chi connectivity index (χ3n) is 10.1. The number of pyridine rings is 1. The molecule has 4 amide bonds. The summed E-state index contributed by atoms with van der Waals surface area (Å²) in [4.78, 5) is 86.9. The Morgan fingerprint density at radius 2 is 1.36 bits per heavy atom. The van der Waals surface area contributed by atoms with Crippen LogP contribution in [-0.2, 0) is 19.1 Å². The molecule has 2 aliphatic rings. The predicted octanol–water partition coefficient (Wildman–Crippen LogP) is 4.40. The van der Waals surface area contributed by atoms with Gasteiger partial charge in [0.2, 0.25) is 11.8 Å². The van der Waals surface area contributed by atoms with Crippen molar-refractivity contribution in [3.05, 3.63) is 58.5 Å². The molecule has 53 heavy (non-hydrogen) atoms. The monoisotopic (exact) mass is 729 g/mol. The van der Waals surface area contributed by atoms with E-state index in [2.05, 4.69) is 30.6 Å². The van der Waals surface area contributed by atoms with Crippen molar-refractivity contribution in [1.29, 1.82) is 0 Å². The first-order valence-electron chi connectivity index (χ1n) is 18.0. The van der Waals surface area contributed by atoms with Crippen molar-refractivity contribution in [3.63, 3.8) is 0 Å². The number of alkyl carbamates (subject to hydrolysis) is 2. The molecule has 0 radical (unpaired) electrons. The maximum atomic E-state index is 13.6. The lowest BCUT2D eigenvalue weighted by molar-refractivity contribution is -0.136. The molecule has 2 fully saturated rings. The molecule has 0 bridgehead atoms. The third-order valence-corrected chi connectivity index (χ3v) is 10.1. The van der Waals surface area contributed by atoms with Gasteiger partial charge < -0.3 is 44.9 Å². The SMILES string of the molecule is COC(=O)N[C@H](C(=O)N1CCC[C@H]1c1ncc(-c2ccc(-c3ccc4nc([C@@H]5CCCN5C(=O)[C@@H](NC(=O)OC)C(C)C)[nH]c4c3)[nH]c2=O)[nH]1)C(C)C. The summed E-state index contributed by atoms with van der Waals surface area (Å²) < 4.78 is 9.47. The van der Waals surface area contributed by atoms with Gasteiger partial charge in [0.05, 0.1) is 54.8 Å². The van der Waals surface area contributed by atoms with E-state index in [1.807, 2.05) is 52.0 Å². The minimum atomic E-state index is -0.749. The Morgan fingerprint density at radius 3 is 1.91 bits per heavy atom. The second-order valence-corrected chi connectivity index (χ2v) is 14.2. The number of hydrogen-bond donors (Lipinski definition) is 5. The molecule has 4 aromatic rings. The van der Waals surface area contributed by atoms with Crippen molar-refractivity contribution in [3.8, 4) is 22.5 Å². The first kappa shape index (κ1) is 37.1. The first-order valence-corrected chi connectivity index (χ1v) is 18.0. The fourth-order valence-corrected chi connectivity index (χ4v) is 7.24. The number of nitrogens with zero attached hydrogens (tertiary/aromatic N) is 4. The number of likely N-dealkylation sites (tertiary alicyclic amines) is 2. The van der Waals surface area contributed by atoms with Gasteiger partial charge >= 0.3 is 12.2 Å². The summed E-state index contributed by atoms with van der Waals surface area (Å²) in [5.41, 5.74) is 3.45. The summed E-state index contributed by atoms with van der Waals surface area (Å²) >= 11 is 0. The average molecular weight is 730 g/mol. The summed E-state index contributed by atoms with van der Waals surface area (Å²) in [5, 5.41) is 5.32. The highest BCUT2D eigenvalue weighted by molar-refractivity contribution is 5.87. The van der Waals surface area contributed by atoms with Crippen LogP contribution in [0.5, 0.6) is 0 Å². The number of hydrogen-bond acceptors (Lipinski definition) is 9. The molecule has 2 aliphatic heterocycles. The Morgan fingerprint density at radius 1 is 0.774 bits per heavy atom. The van der Waals surface area contributed by atoms with E-state index < -0.39 is 24.3 Å². The number of aromatic amines is 3.